The van der Waals surface area contributed by atoms with E-state index in [9.17, 15) is 19.7 Å². The van der Waals surface area contributed by atoms with Crippen LogP contribution in [0.15, 0.2) is 12.1 Å². The molecule has 0 amide bonds. The highest BCUT2D eigenvalue weighted by atomic mass is 16.6. The number of ether oxygens (including phenoxy) is 3. The highest BCUT2D eigenvalue weighted by Crippen LogP contribution is 2.35. The second-order valence-corrected chi connectivity index (χ2v) is 4.23. The normalized spacial score (nSPS) is 11.4. The van der Waals surface area contributed by atoms with Gasteiger partial charge in [0.25, 0.3) is 5.69 Å². The van der Waals surface area contributed by atoms with E-state index in [1.54, 1.807) is 0 Å². The number of nitro groups is 1. The van der Waals surface area contributed by atoms with Gasteiger partial charge < -0.3 is 19.3 Å². The number of nitro benzene ring substituents is 1. The number of hydrogen-bond donors (Lipinski definition) is 1. The number of carboxylic acids is 1. The van der Waals surface area contributed by atoms with Crippen molar-refractivity contribution in [3.05, 3.63) is 27.8 Å². The maximum Gasteiger partial charge on any atom is 0.345 e. The monoisotopic (exact) mass is 313 g/mol. The van der Waals surface area contributed by atoms with Crippen molar-refractivity contribution in [1.82, 2.24) is 0 Å². The predicted octanol–water partition coefficient (Wildman–Crippen LogP) is 1.17. The minimum absolute atomic E-state index is 0.0521. The molecule has 22 heavy (non-hydrogen) atoms. The molecule has 0 bridgehead atoms. The second-order valence-electron chi connectivity index (χ2n) is 4.23. The first kappa shape index (κ1) is 17.2. The van der Waals surface area contributed by atoms with Crippen molar-refractivity contribution in [3.8, 4) is 11.5 Å². The summed E-state index contributed by atoms with van der Waals surface area (Å²) in [6.07, 6.45) is -1.90. The molecule has 0 aromatic heterocycles. The fourth-order valence-corrected chi connectivity index (χ4v) is 1.82. The molecule has 0 aliphatic rings. The molecule has 9 heteroatoms. The Morgan fingerprint density at radius 1 is 1.27 bits per heavy atom. The third kappa shape index (κ3) is 4.08. The molecule has 0 radical (unpaired) electrons. The van der Waals surface area contributed by atoms with E-state index in [4.69, 9.17) is 14.6 Å². The van der Waals surface area contributed by atoms with E-state index in [-0.39, 0.29) is 29.2 Å². The summed E-state index contributed by atoms with van der Waals surface area (Å²) in [4.78, 5) is 32.5. The Balaban J connectivity index is 3.28. The quantitative estimate of drug-likeness (QED) is 0.451. The van der Waals surface area contributed by atoms with Crippen molar-refractivity contribution < 1.29 is 33.8 Å². The van der Waals surface area contributed by atoms with Crippen LogP contribution in [-0.2, 0) is 20.7 Å². The van der Waals surface area contributed by atoms with Crippen LogP contribution in [0.5, 0.6) is 11.5 Å². The highest BCUT2D eigenvalue weighted by molar-refractivity contribution is 5.77. The van der Waals surface area contributed by atoms with Crippen molar-refractivity contribution >= 4 is 17.6 Å². The molecule has 0 saturated carbocycles. The first-order valence-electron chi connectivity index (χ1n) is 6.09. The Labute approximate surface area is 125 Å². The summed E-state index contributed by atoms with van der Waals surface area (Å²) in [7, 11) is 2.66. The SMILES string of the molecule is COc1cc(CC(OC(C)=O)C(=O)O)c([N+](=O)[O-])cc1OC. The van der Waals surface area contributed by atoms with Crippen LogP contribution in [0.1, 0.15) is 12.5 Å². The molecule has 0 saturated heterocycles. The van der Waals surface area contributed by atoms with Crippen molar-refractivity contribution in [2.24, 2.45) is 0 Å². The lowest BCUT2D eigenvalue weighted by molar-refractivity contribution is -0.385. The molecule has 0 aliphatic heterocycles. The van der Waals surface area contributed by atoms with E-state index in [0.29, 0.717) is 0 Å². The summed E-state index contributed by atoms with van der Waals surface area (Å²) in [6.45, 7) is 1.05. The largest absolute Gasteiger partial charge is 0.493 e. The lowest BCUT2D eigenvalue weighted by Crippen LogP contribution is -2.28. The number of methoxy groups -OCH3 is 2. The Morgan fingerprint density at radius 2 is 1.82 bits per heavy atom. The average Bonchev–Trinajstić information content (AvgIpc) is 2.44. The minimum Gasteiger partial charge on any atom is -0.493 e. The molecular formula is C13H15NO8. The molecule has 1 atom stereocenters. The summed E-state index contributed by atoms with van der Waals surface area (Å²) in [5.74, 6) is -1.86. The fraction of sp³-hybridized carbons (Fsp3) is 0.385. The highest BCUT2D eigenvalue weighted by Gasteiger charge is 2.27. The molecule has 9 nitrogen and oxygen atoms in total. The maximum absolute atomic E-state index is 11.1. The van der Waals surface area contributed by atoms with Crippen LogP contribution in [0.3, 0.4) is 0 Å². The van der Waals surface area contributed by atoms with Crippen LogP contribution in [0.25, 0.3) is 0 Å². The third-order valence-corrected chi connectivity index (χ3v) is 2.77. The van der Waals surface area contributed by atoms with Crippen LogP contribution in [0.4, 0.5) is 5.69 Å². The fourth-order valence-electron chi connectivity index (χ4n) is 1.82. The van der Waals surface area contributed by atoms with Crippen LogP contribution in [0.2, 0.25) is 0 Å². The Bertz CT molecular complexity index is 598. The van der Waals surface area contributed by atoms with Gasteiger partial charge in [0.1, 0.15) is 0 Å². The van der Waals surface area contributed by atoms with E-state index in [0.717, 1.165) is 13.0 Å². The van der Waals surface area contributed by atoms with Crippen molar-refractivity contribution in [2.75, 3.05) is 14.2 Å². The zero-order chi connectivity index (χ0) is 16.9. The molecule has 0 heterocycles. The summed E-state index contributed by atoms with van der Waals surface area (Å²) < 4.78 is 14.6. The molecule has 1 aromatic carbocycles. The van der Waals surface area contributed by atoms with Gasteiger partial charge in [-0.2, -0.15) is 0 Å². The number of nitrogens with zero attached hydrogens (tertiary/aromatic N) is 1. The number of rotatable bonds is 7. The van der Waals surface area contributed by atoms with Crippen LogP contribution < -0.4 is 9.47 Å². The molecule has 1 unspecified atom stereocenters. The number of carbonyl (C=O) groups is 2. The van der Waals surface area contributed by atoms with Crippen LogP contribution in [0, 0.1) is 10.1 Å². The summed E-state index contributed by atoms with van der Waals surface area (Å²) in [5, 5.41) is 20.2. The summed E-state index contributed by atoms with van der Waals surface area (Å²) in [6, 6.07) is 2.41. The third-order valence-electron chi connectivity index (χ3n) is 2.77. The molecule has 0 fully saturated rings. The zero-order valence-electron chi connectivity index (χ0n) is 12.2. The van der Waals surface area contributed by atoms with E-state index in [2.05, 4.69) is 4.74 Å². The first-order chi connectivity index (χ1) is 10.3. The minimum atomic E-state index is -1.53. The molecule has 0 spiro atoms. The van der Waals surface area contributed by atoms with Gasteiger partial charge in [-0.25, -0.2) is 4.79 Å². The predicted molar refractivity (Wildman–Crippen MR) is 73.1 cm³/mol. The van der Waals surface area contributed by atoms with Gasteiger partial charge in [-0.3, -0.25) is 14.9 Å². The smallest absolute Gasteiger partial charge is 0.345 e. The second kappa shape index (κ2) is 7.25. The Morgan fingerprint density at radius 3 is 2.23 bits per heavy atom. The molecular weight excluding hydrogens is 298 g/mol. The first-order valence-corrected chi connectivity index (χ1v) is 6.09. The van der Waals surface area contributed by atoms with Gasteiger partial charge in [-0.1, -0.05) is 0 Å². The Hall–Kier alpha value is -2.84. The summed E-state index contributed by atoms with van der Waals surface area (Å²) >= 11 is 0. The van der Waals surface area contributed by atoms with Gasteiger partial charge >= 0.3 is 11.9 Å². The molecule has 0 aliphatic carbocycles. The zero-order valence-corrected chi connectivity index (χ0v) is 12.2. The number of aliphatic carboxylic acids is 1. The number of carbonyl (C=O) groups excluding carboxylic acids is 1. The van der Waals surface area contributed by atoms with Crippen LogP contribution in [-0.4, -0.2) is 42.3 Å². The lowest BCUT2D eigenvalue weighted by Gasteiger charge is -2.14. The molecule has 1 aromatic rings. The Kier molecular flexibility index (Phi) is 5.67. The standard InChI is InChI=1S/C13H15NO8/c1-7(15)22-12(13(16)17)5-8-4-10(20-2)11(21-3)6-9(8)14(18)19/h4,6,12H,5H2,1-3H3,(H,16,17). The number of benzene rings is 1. The van der Waals surface area contributed by atoms with Gasteiger partial charge in [0.2, 0.25) is 6.10 Å². The van der Waals surface area contributed by atoms with Gasteiger partial charge in [0, 0.05) is 18.9 Å². The van der Waals surface area contributed by atoms with Gasteiger partial charge in [0.15, 0.2) is 11.5 Å². The van der Waals surface area contributed by atoms with Gasteiger partial charge in [-0.15, -0.1) is 0 Å². The molecule has 1 N–H and O–H groups in total. The number of hydrogen-bond acceptors (Lipinski definition) is 7. The van der Waals surface area contributed by atoms with Gasteiger partial charge in [-0.05, 0) is 6.07 Å². The van der Waals surface area contributed by atoms with E-state index < -0.39 is 23.0 Å². The maximum atomic E-state index is 11.1. The van der Waals surface area contributed by atoms with Crippen molar-refractivity contribution in [3.63, 3.8) is 0 Å². The van der Waals surface area contributed by atoms with Crippen molar-refractivity contribution in [1.29, 1.82) is 0 Å². The topological polar surface area (TPSA) is 125 Å². The average molecular weight is 313 g/mol. The van der Waals surface area contributed by atoms with E-state index >= 15 is 0 Å². The number of esters is 1. The molecule has 1 rings (SSSR count). The van der Waals surface area contributed by atoms with E-state index in [1.165, 1.54) is 20.3 Å². The van der Waals surface area contributed by atoms with Gasteiger partial charge in [0.05, 0.1) is 25.2 Å². The van der Waals surface area contributed by atoms with Crippen LogP contribution >= 0.6 is 0 Å². The molecule has 120 valence electrons. The van der Waals surface area contributed by atoms with E-state index in [1.807, 2.05) is 0 Å². The number of carboxylic acid groups (broad SMARTS) is 1. The lowest BCUT2D eigenvalue weighted by atomic mass is 10.0. The van der Waals surface area contributed by atoms with Crippen molar-refractivity contribution in [2.45, 2.75) is 19.4 Å². The summed E-state index contributed by atoms with van der Waals surface area (Å²) in [5.41, 5.74) is -0.299.